The molecule has 1 atom stereocenters. The first-order valence-electron chi connectivity index (χ1n) is 8.46. The maximum atomic E-state index is 12.6. The van der Waals surface area contributed by atoms with E-state index in [4.69, 9.17) is 5.11 Å². The molecule has 8 nitrogen and oxygen atoms in total. The van der Waals surface area contributed by atoms with Crippen LogP contribution in [0.15, 0.2) is 46.9 Å². The van der Waals surface area contributed by atoms with E-state index >= 15 is 0 Å². The van der Waals surface area contributed by atoms with Crippen molar-refractivity contribution in [2.45, 2.75) is 25.3 Å². The number of hydrogen-bond donors (Lipinski definition) is 2. The first-order valence-corrected chi connectivity index (χ1v) is 11.2. The summed E-state index contributed by atoms with van der Waals surface area (Å²) in [5, 5.41) is 16.5. The van der Waals surface area contributed by atoms with Gasteiger partial charge in [-0.15, -0.1) is 11.3 Å². The summed E-state index contributed by atoms with van der Waals surface area (Å²) in [6.07, 6.45) is 1.04. The van der Waals surface area contributed by atoms with Crippen LogP contribution in [0.2, 0.25) is 0 Å². The third kappa shape index (κ3) is 4.76. The topological polar surface area (TPSA) is 116 Å². The van der Waals surface area contributed by atoms with Crippen molar-refractivity contribution in [1.29, 1.82) is 0 Å². The van der Waals surface area contributed by atoms with Crippen molar-refractivity contribution in [2.24, 2.45) is 5.10 Å². The number of nitrogens with one attached hydrogen (secondary N) is 1. The fraction of sp³-hybridized carbons (Fsp3) is 0.278. The van der Waals surface area contributed by atoms with Gasteiger partial charge in [0.1, 0.15) is 0 Å². The van der Waals surface area contributed by atoms with Crippen molar-refractivity contribution in [3.63, 3.8) is 0 Å². The van der Waals surface area contributed by atoms with Gasteiger partial charge in [-0.3, -0.25) is 14.3 Å². The molecule has 0 spiro atoms. The quantitative estimate of drug-likeness (QED) is 0.713. The Labute approximate surface area is 166 Å². The van der Waals surface area contributed by atoms with Crippen molar-refractivity contribution in [3.05, 3.63) is 52.2 Å². The van der Waals surface area contributed by atoms with Crippen LogP contribution in [0.1, 0.15) is 35.7 Å². The van der Waals surface area contributed by atoms with Gasteiger partial charge >= 0.3 is 5.97 Å². The molecule has 1 aromatic heterocycles. The third-order valence-electron chi connectivity index (χ3n) is 4.12. The van der Waals surface area contributed by atoms with Gasteiger partial charge in [0.2, 0.25) is 15.9 Å². The molecule has 0 bridgehead atoms. The molecule has 0 unspecified atom stereocenters. The monoisotopic (exact) mass is 421 g/mol. The van der Waals surface area contributed by atoms with Crippen molar-refractivity contribution in [2.75, 3.05) is 11.0 Å². The number of hydrogen-bond acceptors (Lipinski definition) is 6. The normalized spacial score (nSPS) is 16.7. The molecule has 0 aliphatic carbocycles. The second-order valence-corrected chi connectivity index (χ2v) is 9.06. The fourth-order valence-electron chi connectivity index (χ4n) is 2.96. The zero-order valence-corrected chi connectivity index (χ0v) is 16.7. The summed E-state index contributed by atoms with van der Waals surface area (Å²) in [5.74, 6) is -1.43. The number of para-hydroxylation sites is 1. The predicted octanol–water partition coefficient (Wildman–Crippen LogP) is 2.66. The number of carbonyl (C=O) groups excluding carboxylic acids is 1. The molecule has 2 N–H and O–H groups in total. The van der Waals surface area contributed by atoms with Crippen molar-refractivity contribution >= 4 is 44.6 Å². The van der Waals surface area contributed by atoms with E-state index in [2.05, 4.69) is 9.82 Å². The second-order valence-electron chi connectivity index (χ2n) is 6.33. The maximum absolute atomic E-state index is 12.6. The molecule has 10 heteroatoms. The average Bonchev–Trinajstić information content (AvgIpc) is 3.28. The minimum Gasteiger partial charge on any atom is -0.481 e. The lowest BCUT2D eigenvalue weighted by Gasteiger charge is -2.20. The highest BCUT2D eigenvalue weighted by molar-refractivity contribution is 7.92. The SMILES string of the molecule is CS(=O)(=O)Nc1ccccc1C1=NN(C(=O)CCC(=O)O)[C@@H](c2cccs2)C1. The number of anilines is 1. The summed E-state index contributed by atoms with van der Waals surface area (Å²) in [6, 6.07) is 10.3. The van der Waals surface area contributed by atoms with Crippen LogP contribution in [0.3, 0.4) is 0 Å². The van der Waals surface area contributed by atoms with Crippen LogP contribution in [0.4, 0.5) is 5.69 Å². The summed E-state index contributed by atoms with van der Waals surface area (Å²) < 4.78 is 25.8. The first-order chi connectivity index (χ1) is 13.2. The smallest absolute Gasteiger partial charge is 0.303 e. The van der Waals surface area contributed by atoms with Gasteiger partial charge in [0.05, 0.1) is 30.1 Å². The van der Waals surface area contributed by atoms with Gasteiger partial charge in [0.25, 0.3) is 0 Å². The van der Waals surface area contributed by atoms with Crippen molar-refractivity contribution in [3.8, 4) is 0 Å². The molecular weight excluding hydrogens is 402 g/mol. The number of rotatable bonds is 7. The average molecular weight is 422 g/mol. The summed E-state index contributed by atoms with van der Waals surface area (Å²) in [5.41, 5.74) is 1.53. The lowest BCUT2D eigenvalue weighted by Crippen LogP contribution is -2.26. The number of carboxylic acids is 1. The molecule has 1 aliphatic heterocycles. The number of hydrazone groups is 1. The highest BCUT2D eigenvalue weighted by Gasteiger charge is 2.34. The van der Waals surface area contributed by atoms with Gasteiger partial charge in [0, 0.05) is 23.3 Å². The van der Waals surface area contributed by atoms with Gasteiger partial charge in [-0.05, 0) is 17.5 Å². The zero-order chi connectivity index (χ0) is 20.3. The lowest BCUT2D eigenvalue weighted by atomic mass is 10.0. The van der Waals surface area contributed by atoms with Crippen LogP contribution in [-0.4, -0.2) is 42.4 Å². The summed E-state index contributed by atoms with van der Waals surface area (Å²) >= 11 is 1.48. The Morgan fingerprint density at radius 3 is 2.64 bits per heavy atom. The molecule has 148 valence electrons. The fourth-order valence-corrected chi connectivity index (χ4v) is 4.35. The predicted molar refractivity (Wildman–Crippen MR) is 107 cm³/mol. The summed E-state index contributed by atoms with van der Waals surface area (Å²) in [7, 11) is -3.48. The Kier molecular flexibility index (Phi) is 5.80. The van der Waals surface area contributed by atoms with Gasteiger partial charge in [-0.1, -0.05) is 24.3 Å². The van der Waals surface area contributed by atoms with Crippen LogP contribution in [0, 0.1) is 0 Å². The van der Waals surface area contributed by atoms with Crippen LogP contribution in [-0.2, 0) is 19.6 Å². The summed E-state index contributed by atoms with van der Waals surface area (Å²) in [4.78, 5) is 24.3. The van der Waals surface area contributed by atoms with Crippen molar-refractivity contribution in [1.82, 2.24) is 5.01 Å². The number of carbonyl (C=O) groups is 2. The first kappa shape index (κ1) is 20.0. The number of benzene rings is 1. The minimum atomic E-state index is -3.48. The largest absolute Gasteiger partial charge is 0.481 e. The molecule has 1 aliphatic rings. The molecule has 1 amide bonds. The highest BCUT2D eigenvalue weighted by atomic mass is 32.2. The van der Waals surface area contributed by atoms with Gasteiger partial charge in [-0.25, -0.2) is 13.4 Å². The Morgan fingerprint density at radius 1 is 1.25 bits per heavy atom. The number of thiophene rings is 1. The molecular formula is C18H19N3O5S2. The Hall–Kier alpha value is -2.72. The second kappa shape index (κ2) is 8.11. The molecule has 0 saturated heterocycles. The van der Waals surface area contributed by atoms with E-state index in [0.717, 1.165) is 11.1 Å². The third-order valence-corrected chi connectivity index (χ3v) is 5.69. The van der Waals surface area contributed by atoms with Crippen LogP contribution in [0.5, 0.6) is 0 Å². The number of carboxylic acid groups (broad SMARTS) is 1. The van der Waals surface area contributed by atoms with Crippen LogP contribution >= 0.6 is 11.3 Å². The van der Waals surface area contributed by atoms with Gasteiger partial charge in [-0.2, -0.15) is 5.10 Å². The molecule has 0 saturated carbocycles. The molecule has 2 aromatic rings. The van der Waals surface area contributed by atoms with E-state index in [-0.39, 0.29) is 24.8 Å². The maximum Gasteiger partial charge on any atom is 0.303 e. The van der Waals surface area contributed by atoms with E-state index in [1.807, 2.05) is 17.5 Å². The number of amides is 1. The number of aliphatic carboxylic acids is 1. The molecule has 3 rings (SSSR count). The Morgan fingerprint density at radius 2 is 2.00 bits per heavy atom. The van der Waals surface area contributed by atoms with E-state index in [9.17, 15) is 18.0 Å². The lowest BCUT2D eigenvalue weighted by molar-refractivity contribution is -0.141. The van der Waals surface area contributed by atoms with E-state index in [1.54, 1.807) is 24.3 Å². The Balaban J connectivity index is 1.95. The molecule has 1 aromatic carbocycles. The number of nitrogens with zero attached hydrogens (tertiary/aromatic N) is 2. The Bertz CT molecular complexity index is 1020. The molecule has 2 heterocycles. The van der Waals surface area contributed by atoms with E-state index in [0.29, 0.717) is 23.4 Å². The van der Waals surface area contributed by atoms with Crippen molar-refractivity contribution < 1.29 is 23.1 Å². The molecule has 0 radical (unpaired) electrons. The minimum absolute atomic E-state index is 0.156. The molecule has 28 heavy (non-hydrogen) atoms. The van der Waals surface area contributed by atoms with Gasteiger partial charge < -0.3 is 5.11 Å². The highest BCUT2D eigenvalue weighted by Crippen LogP contribution is 2.37. The number of sulfonamides is 1. The molecule has 0 fully saturated rings. The van der Waals surface area contributed by atoms with E-state index in [1.165, 1.54) is 16.3 Å². The van der Waals surface area contributed by atoms with Crippen LogP contribution < -0.4 is 4.72 Å². The summed E-state index contributed by atoms with van der Waals surface area (Å²) in [6.45, 7) is 0. The zero-order valence-electron chi connectivity index (χ0n) is 15.0. The van der Waals surface area contributed by atoms with Gasteiger partial charge in [0.15, 0.2) is 0 Å². The standard InChI is InChI=1S/C18H19N3O5S2/c1-28(25,26)20-13-6-3-2-5-12(13)14-11-15(16-7-4-10-27-16)21(19-14)17(22)8-9-18(23)24/h2-7,10,15,20H,8-9,11H2,1H3,(H,23,24)/t15-/m1/s1. The van der Waals surface area contributed by atoms with Crippen LogP contribution in [0.25, 0.3) is 0 Å². The van der Waals surface area contributed by atoms with E-state index < -0.39 is 16.0 Å².